The van der Waals surface area contributed by atoms with E-state index in [9.17, 15) is 24.1 Å². The molecule has 0 fully saturated rings. The van der Waals surface area contributed by atoms with Crippen LogP contribution in [0.3, 0.4) is 0 Å². The van der Waals surface area contributed by atoms with Gasteiger partial charge >= 0.3 is 0 Å². The van der Waals surface area contributed by atoms with Crippen LogP contribution in [0.4, 0.5) is 10.1 Å². The molecule has 1 amide bonds. The molecule has 0 atom stereocenters. The van der Waals surface area contributed by atoms with Gasteiger partial charge in [0.1, 0.15) is 24.0 Å². The Morgan fingerprint density at radius 3 is 2.77 bits per heavy atom. The van der Waals surface area contributed by atoms with Crippen molar-refractivity contribution in [3.63, 3.8) is 0 Å². The summed E-state index contributed by atoms with van der Waals surface area (Å²) in [7, 11) is 1.37. The number of nitriles is 1. The van der Waals surface area contributed by atoms with Gasteiger partial charge in [0.15, 0.2) is 0 Å². The molecular formula is C16H12ClFN4O4. The van der Waals surface area contributed by atoms with Crippen LogP contribution in [0.5, 0.6) is 0 Å². The molecule has 1 aromatic carbocycles. The zero-order chi connectivity index (χ0) is 19.4. The number of nitro groups is 1. The topological polar surface area (TPSA) is 109 Å². The van der Waals surface area contributed by atoms with Crippen LogP contribution >= 0.6 is 11.6 Å². The van der Waals surface area contributed by atoms with Crippen LogP contribution in [-0.4, -0.2) is 27.3 Å². The normalized spacial score (nSPS) is 10.2. The van der Waals surface area contributed by atoms with Crippen molar-refractivity contribution >= 4 is 23.2 Å². The molecule has 0 spiro atoms. The molecule has 1 aromatic heterocycles. The molecular weight excluding hydrogens is 367 g/mol. The van der Waals surface area contributed by atoms with E-state index in [1.165, 1.54) is 25.2 Å². The smallest absolute Gasteiger partial charge is 0.287 e. The number of hydrogen-bond donors (Lipinski definition) is 0. The zero-order valence-electron chi connectivity index (χ0n) is 13.5. The predicted octanol–water partition coefficient (Wildman–Crippen LogP) is 2.08. The molecule has 0 radical (unpaired) electrons. The number of nitrogens with zero attached hydrogens (tertiary/aromatic N) is 4. The van der Waals surface area contributed by atoms with Crippen molar-refractivity contribution in [3.05, 3.63) is 72.9 Å². The Bertz CT molecular complexity index is 963. The minimum absolute atomic E-state index is 0.106. The number of carbonyl (C=O) groups excluding carboxylic acids is 1. The number of rotatable bonds is 5. The van der Waals surface area contributed by atoms with E-state index in [-0.39, 0.29) is 17.1 Å². The van der Waals surface area contributed by atoms with Crippen LogP contribution < -0.4 is 5.56 Å². The molecule has 0 saturated heterocycles. The van der Waals surface area contributed by atoms with E-state index in [2.05, 4.69) is 0 Å². The van der Waals surface area contributed by atoms with Crippen molar-refractivity contribution in [1.29, 1.82) is 5.26 Å². The fourth-order valence-corrected chi connectivity index (χ4v) is 2.42. The maximum atomic E-state index is 13.8. The third-order valence-corrected chi connectivity index (χ3v) is 3.95. The van der Waals surface area contributed by atoms with Crippen molar-refractivity contribution in [2.75, 3.05) is 7.05 Å². The Balaban J connectivity index is 2.27. The Labute approximate surface area is 151 Å². The Morgan fingerprint density at radius 1 is 1.50 bits per heavy atom. The van der Waals surface area contributed by atoms with Gasteiger partial charge in [-0.2, -0.15) is 5.26 Å². The number of hydrogen-bond acceptors (Lipinski definition) is 5. The quantitative estimate of drug-likeness (QED) is 0.584. The third kappa shape index (κ3) is 4.04. The van der Waals surface area contributed by atoms with Gasteiger partial charge in [0, 0.05) is 30.2 Å². The van der Waals surface area contributed by atoms with Crippen molar-refractivity contribution in [2.45, 2.75) is 13.1 Å². The highest BCUT2D eigenvalue weighted by atomic mass is 35.5. The van der Waals surface area contributed by atoms with E-state index < -0.39 is 40.0 Å². The van der Waals surface area contributed by atoms with Gasteiger partial charge in [-0.15, -0.1) is 0 Å². The number of amides is 1. The summed E-state index contributed by atoms with van der Waals surface area (Å²) in [5.41, 5.74) is -1.67. The Hall–Kier alpha value is -3.25. The van der Waals surface area contributed by atoms with E-state index >= 15 is 0 Å². The van der Waals surface area contributed by atoms with Crippen molar-refractivity contribution in [2.24, 2.45) is 0 Å². The molecule has 0 aliphatic carbocycles. The maximum absolute atomic E-state index is 13.8. The number of likely N-dealkylation sites (N-methyl/N-ethyl adjacent to an activating group) is 1. The van der Waals surface area contributed by atoms with Crippen molar-refractivity contribution in [1.82, 2.24) is 9.47 Å². The summed E-state index contributed by atoms with van der Waals surface area (Å²) >= 11 is 5.91. The maximum Gasteiger partial charge on any atom is 0.287 e. The number of pyridine rings is 1. The summed E-state index contributed by atoms with van der Waals surface area (Å²) in [6.45, 7) is -0.698. The fourth-order valence-electron chi connectivity index (χ4n) is 2.19. The van der Waals surface area contributed by atoms with Gasteiger partial charge in [-0.25, -0.2) is 4.39 Å². The standard InChI is InChI=1S/C16H12ClFN4O4/c1-20(8-12-13(17)3-2-4-14(12)18)15(23)9-21-7-11(22(25)26)5-10(6-19)16(21)24/h2-5,7H,8-9H2,1H3. The molecule has 134 valence electrons. The second-order valence-electron chi connectivity index (χ2n) is 5.36. The first kappa shape index (κ1) is 19.1. The molecule has 26 heavy (non-hydrogen) atoms. The van der Waals surface area contributed by atoms with Gasteiger partial charge in [-0.1, -0.05) is 17.7 Å². The average molecular weight is 379 g/mol. The second kappa shape index (κ2) is 7.76. The molecule has 0 aliphatic rings. The van der Waals surface area contributed by atoms with Gasteiger partial charge in [0.05, 0.1) is 11.1 Å². The van der Waals surface area contributed by atoms with Crippen molar-refractivity contribution in [3.8, 4) is 6.07 Å². The third-order valence-electron chi connectivity index (χ3n) is 3.59. The minimum atomic E-state index is -0.830. The highest BCUT2D eigenvalue weighted by Crippen LogP contribution is 2.20. The first-order chi connectivity index (χ1) is 12.2. The lowest BCUT2D eigenvalue weighted by molar-refractivity contribution is -0.385. The van der Waals surface area contributed by atoms with E-state index in [1.807, 2.05) is 0 Å². The Morgan fingerprint density at radius 2 is 2.19 bits per heavy atom. The number of halogens is 2. The molecule has 0 aliphatic heterocycles. The summed E-state index contributed by atoms with van der Waals surface area (Å²) in [6, 6.07) is 6.50. The first-order valence-corrected chi connectivity index (χ1v) is 7.58. The van der Waals surface area contributed by atoms with Crippen LogP contribution in [0, 0.1) is 27.3 Å². The van der Waals surface area contributed by atoms with E-state index in [0.29, 0.717) is 0 Å². The number of aromatic nitrogens is 1. The molecule has 10 heteroatoms. The molecule has 1 heterocycles. The van der Waals surface area contributed by atoms with Crippen molar-refractivity contribution < 1.29 is 14.1 Å². The van der Waals surface area contributed by atoms with Crippen LogP contribution in [0.2, 0.25) is 5.02 Å². The van der Waals surface area contributed by atoms with Crippen LogP contribution in [-0.2, 0) is 17.9 Å². The minimum Gasteiger partial charge on any atom is -0.340 e. The van der Waals surface area contributed by atoms with E-state index in [1.54, 1.807) is 6.07 Å². The zero-order valence-corrected chi connectivity index (χ0v) is 14.2. The van der Waals surface area contributed by atoms with E-state index in [0.717, 1.165) is 21.7 Å². The second-order valence-corrected chi connectivity index (χ2v) is 5.77. The molecule has 2 rings (SSSR count). The molecule has 0 bridgehead atoms. The molecule has 8 nitrogen and oxygen atoms in total. The number of carbonyl (C=O) groups is 1. The molecule has 2 aromatic rings. The summed E-state index contributed by atoms with van der Waals surface area (Å²) in [6.07, 6.45) is 0.880. The van der Waals surface area contributed by atoms with Crippen LogP contribution in [0.1, 0.15) is 11.1 Å². The fraction of sp³-hybridized carbons (Fsp3) is 0.188. The van der Waals surface area contributed by atoms with Crippen LogP contribution in [0.15, 0.2) is 35.3 Å². The van der Waals surface area contributed by atoms with E-state index in [4.69, 9.17) is 16.9 Å². The molecule has 0 unspecified atom stereocenters. The summed E-state index contributed by atoms with van der Waals surface area (Å²) in [4.78, 5) is 35.6. The molecule has 0 N–H and O–H groups in total. The first-order valence-electron chi connectivity index (χ1n) is 7.20. The number of benzene rings is 1. The SMILES string of the molecule is CN(Cc1c(F)cccc1Cl)C(=O)Cn1cc([N+](=O)[O-])cc(C#N)c1=O. The lowest BCUT2D eigenvalue weighted by Crippen LogP contribution is -2.34. The lowest BCUT2D eigenvalue weighted by Gasteiger charge is -2.19. The van der Waals surface area contributed by atoms with Gasteiger partial charge < -0.3 is 4.90 Å². The van der Waals surface area contributed by atoms with Gasteiger partial charge in [-0.05, 0) is 12.1 Å². The van der Waals surface area contributed by atoms with Crippen LogP contribution in [0.25, 0.3) is 0 Å². The summed E-state index contributed by atoms with van der Waals surface area (Å²) < 4.78 is 14.6. The molecule has 0 saturated carbocycles. The Kier molecular flexibility index (Phi) is 5.69. The highest BCUT2D eigenvalue weighted by molar-refractivity contribution is 6.31. The average Bonchev–Trinajstić information content (AvgIpc) is 2.59. The van der Waals surface area contributed by atoms with Gasteiger partial charge in [0.25, 0.3) is 11.2 Å². The van der Waals surface area contributed by atoms with Gasteiger partial charge in [0.2, 0.25) is 5.91 Å². The largest absolute Gasteiger partial charge is 0.340 e. The lowest BCUT2D eigenvalue weighted by atomic mass is 10.2. The van der Waals surface area contributed by atoms with Gasteiger partial charge in [-0.3, -0.25) is 24.3 Å². The highest BCUT2D eigenvalue weighted by Gasteiger charge is 2.18. The summed E-state index contributed by atoms with van der Waals surface area (Å²) in [5.74, 6) is -1.20. The predicted molar refractivity (Wildman–Crippen MR) is 90.0 cm³/mol. The monoisotopic (exact) mass is 378 g/mol. The summed E-state index contributed by atoms with van der Waals surface area (Å²) in [5, 5.41) is 20.0.